The molecule has 0 saturated carbocycles. The Bertz CT molecular complexity index is 516. The van der Waals surface area contributed by atoms with Gasteiger partial charge in [0.1, 0.15) is 5.82 Å². The molecule has 0 bridgehead atoms. The van der Waals surface area contributed by atoms with Gasteiger partial charge >= 0.3 is 0 Å². The lowest BCUT2D eigenvalue weighted by molar-refractivity contribution is 0.232. The van der Waals surface area contributed by atoms with Crippen LogP contribution in [0.1, 0.15) is 24.2 Å². The Hall–Kier alpha value is -1.78. The molecule has 1 unspecified atom stereocenters. The van der Waals surface area contributed by atoms with E-state index in [1.54, 1.807) is 6.07 Å². The van der Waals surface area contributed by atoms with Crippen molar-refractivity contribution in [3.63, 3.8) is 0 Å². The van der Waals surface area contributed by atoms with Crippen molar-refractivity contribution in [2.24, 2.45) is 0 Å². The Morgan fingerprint density at radius 2 is 1.95 bits per heavy atom. The molecule has 1 aromatic carbocycles. The Labute approximate surface area is 118 Å². The van der Waals surface area contributed by atoms with Gasteiger partial charge in [-0.3, -0.25) is 4.98 Å². The zero-order chi connectivity index (χ0) is 14.4. The van der Waals surface area contributed by atoms with E-state index < -0.39 is 0 Å². The van der Waals surface area contributed by atoms with E-state index >= 15 is 0 Å². The maximum atomic E-state index is 12.8. The molecule has 0 spiro atoms. The van der Waals surface area contributed by atoms with E-state index in [1.165, 1.54) is 17.8 Å². The number of pyridine rings is 1. The van der Waals surface area contributed by atoms with Crippen LogP contribution in [0, 0.1) is 5.82 Å². The van der Waals surface area contributed by atoms with Crippen molar-refractivity contribution in [1.82, 2.24) is 10.3 Å². The fourth-order valence-electron chi connectivity index (χ4n) is 2.16. The number of aliphatic hydroxyl groups excluding tert-OH is 1. The lowest BCUT2D eigenvalue weighted by atomic mass is 10.1. The molecule has 0 fully saturated rings. The van der Waals surface area contributed by atoms with Crippen LogP contribution in [0.3, 0.4) is 0 Å². The van der Waals surface area contributed by atoms with Gasteiger partial charge in [0.05, 0.1) is 18.5 Å². The lowest BCUT2D eigenvalue weighted by Crippen LogP contribution is -2.36. The molecule has 3 nitrogen and oxygen atoms in total. The van der Waals surface area contributed by atoms with Crippen LogP contribution in [0.4, 0.5) is 4.39 Å². The summed E-state index contributed by atoms with van der Waals surface area (Å²) in [5, 5.41) is 12.8. The van der Waals surface area contributed by atoms with E-state index in [9.17, 15) is 9.50 Å². The van der Waals surface area contributed by atoms with Crippen molar-refractivity contribution < 1.29 is 9.50 Å². The summed E-state index contributed by atoms with van der Waals surface area (Å²) in [4.78, 5) is 4.05. The minimum Gasteiger partial charge on any atom is -0.395 e. The van der Waals surface area contributed by atoms with Crippen LogP contribution >= 0.6 is 0 Å². The van der Waals surface area contributed by atoms with Crippen molar-refractivity contribution in [3.8, 4) is 0 Å². The summed E-state index contributed by atoms with van der Waals surface area (Å²) in [6.07, 6.45) is 1.95. The first-order chi connectivity index (χ1) is 9.69. The monoisotopic (exact) mass is 274 g/mol. The molecule has 0 aliphatic carbocycles. The predicted molar refractivity (Wildman–Crippen MR) is 76.8 cm³/mol. The Morgan fingerprint density at radius 3 is 2.55 bits per heavy atom. The van der Waals surface area contributed by atoms with Gasteiger partial charge in [0, 0.05) is 12.1 Å². The highest BCUT2D eigenvalue weighted by molar-refractivity contribution is 5.16. The van der Waals surface area contributed by atoms with E-state index in [0.717, 1.165) is 12.1 Å². The molecule has 0 saturated heterocycles. The SMILES string of the molecule is CC(N[C@H](CO)Cc1ccccc1)c1ccc(F)cn1. The zero-order valence-corrected chi connectivity index (χ0v) is 11.5. The maximum absolute atomic E-state index is 12.8. The summed E-state index contributed by atoms with van der Waals surface area (Å²) < 4.78 is 12.8. The first kappa shape index (κ1) is 14.6. The molecular weight excluding hydrogens is 255 g/mol. The number of nitrogens with one attached hydrogen (secondary N) is 1. The molecule has 0 amide bonds. The predicted octanol–water partition coefficient (Wildman–Crippen LogP) is 2.47. The van der Waals surface area contributed by atoms with E-state index in [4.69, 9.17) is 0 Å². The Morgan fingerprint density at radius 1 is 1.20 bits per heavy atom. The second kappa shape index (κ2) is 7.12. The number of nitrogens with zero attached hydrogens (tertiary/aromatic N) is 1. The summed E-state index contributed by atoms with van der Waals surface area (Å²) >= 11 is 0. The number of hydrogen-bond donors (Lipinski definition) is 2. The second-order valence-electron chi connectivity index (χ2n) is 4.86. The van der Waals surface area contributed by atoms with Crippen molar-refractivity contribution in [1.29, 1.82) is 0 Å². The maximum Gasteiger partial charge on any atom is 0.141 e. The highest BCUT2D eigenvalue weighted by Crippen LogP contribution is 2.12. The Kier molecular flexibility index (Phi) is 5.21. The van der Waals surface area contributed by atoms with Gasteiger partial charge in [0.25, 0.3) is 0 Å². The van der Waals surface area contributed by atoms with Gasteiger partial charge in [0.2, 0.25) is 0 Å². The van der Waals surface area contributed by atoms with Crippen molar-refractivity contribution >= 4 is 0 Å². The van der Waals surface area contributed by atoms with Crippen LogP contribution in [-0.4, -0.2) is 22.7 Å². The van der Waals surface area contributed by atoms with E-state index in [0.29, 0.717) is 0 Å². The van der Waals surface area contributed by atoms with Gasteiger partial charge in [-0.2, -0.15) is 0 Å². The van der Waals surface area contributed by atoms with Crippen LogP contribution < -0.4 is 5.32 Å². The minimum atomic E-state index is -0.344. The van der Waals surface area contributed by atoms with E-state index in [-0.39, 0.29) is 24.5 Å². The molecule has 4 heteroatoms. The van der Waals surface area contributed by atoms with Gasteiger partial charge in [-0.25, -0.2) is 4.39 Å². The summed E-state index contributed by atoms with van der Waals surface area (Å²) in [6, 6.07) is 12.9. The van der Waals surface area contributed by atoms with Crippen LogP contribution in [-0.2, 0) is 6.42 Å². The topological polar surface area (TPSA) is 45.1 Å². The zero-order valence-electron chi connectivity index (χ0n) is 11.5. The molecule has 2 N–H and O–H groups in total. The van der Waals surface area contributed by atoms with Crippen LogP contribution in [0.25, 0.3) is 0 Å². The average Bonchev–Trinajstić information content (AvgIpc) is 2.48. The molecule has 1 aromatic heterocycles. The van der Waals surface area contributed by atoms with Crippen LogP contribution in [0.2, 0.25) is 0 Å². The highest BCUT2D eigenvalue weighted by Gasteiger charge is 2.14. The van der Waals surface area contributed by atoms with Gasteiger partial charge < -0.3 is 10.4 Å². The highest BCUT2D eigenvalue weighted by atomic mass is 19.1. The minimum absolute atomic E-state index is 0.0421. The fraction of sp³-hybridized carbons (Fsp3) is 0.312. The average molecular weight is 274 g/mol. The third-order valence-corrected chi connectivity index (χ3v) is 3.22. The normalized spacial score (nSPS) is 13.9. The molecular formula is C16H19FN2O. The second-order valence-corrected chi connectivity index (χ2v) is 4.86. The number of rotatable bonds is 6. The molecule has 2 atom stereocenters. The Balaban J connectivity index is 1.97. The van der Waals surface area contributed by atoms with Gasteiger partial charge in [-0.1, -0.05) is 30.3 Å². The van der Waals surface area contributed by atoms with Gasteiger partial charge in [-0.15, -0.1) is 0 Å². The van der Waals surface area contributed by atoms with Crippen molar-refractivity contribution in [2.75, 3.05) is 6.61 Å². The standard InChI is InChI=1S/C16H19FN2O/c1-12(16-8-7-14(17)10-18-16)19-15(11-20)9-13-5-3-2-4-6-13/h2-8,10,12,15,19-20H,9,11H2,1H3/t12?,15-/m0/s1. The fourth-order valence-corrected chi connectivity index (χ4v) is 2.16. The molecule has 0 aliphatic rings. The summed E-state index contributed by atoms with van der Waals surface area (Å²) in [5.41, 5.74) is 1.93. The third-order valence-electron chi connectivity index (χ3n) is 3.22. The molecule has 20 heavy (non-hydrogen) atoms. The smallest absolute Gasteiger partial charge is 0.141 e. The molecule has 0 aliphatic heterocycles. The van der Waals surface area contributed by atoms with Crippen LogP contribution in [0.5, 0.6) is 0 Å². The van der Waals surface area contributed by atoms with E-state index in [1.807, 2.05) is 37.3 Å². The summed E-state index contributed by atoms with van der Waals surface area (Å²) in [7, 11) is 0. The number of benzene rings is 1. The largest absolute Gasteiger partial charge is 0.395 e. The molecule has 2 rings (SSSR count). The molecule has 0 radical (unpaired) electrons. The van der Waals surface area contributed by atoms with Crippen molar-refractivity contribution in [2.45, 2.75) is 25.4 Å². The lowest BCUT2D eigenvalue weighted by Gasteiger charge is -2.21. The molecule has 2 aromatic rings. The summed E-state index contributed by atoms with van der Waals surface area (Å²) in [5.74, 6) is -0.344. The summed E-state index contributed by atoms with van der Waals surface area (Å²) in [6.45, 7) is 1.99. The van der Waals surface area contributed by atoms with Gasteiger partial charge in [0.15, 0.2) is 0 Å². The quantitative estimate of drug-likeness (QED) is 0.850. The van der Waals surface area contributed by atoms with E-state index in [2.05, 4.69) is 10.3 Å². The van der Waals surface area contributed by atoms with Crippen molar-refractivity contribution in [3.05, 3.63) is 65.7 Å². The number of aliphatic hydroxyl groups is 1. The third kappa shape index (κ3) is 4.11. The first-order valence-corrected chi connectivity index (χ1v) is 6.71. The molecule has 1 heterocycles. The molecule has 106 valence electrons. The first-order valence-electron chi connectivity index (χ1n) is 6.71. The van der Waals surface area contributed by atoms with Crippen LogP contribution in [0.15, 0.2) is 48.7 Å². The number of halogens is 1. The number of hydrogen-bond acceptors (Lipinski definition) is 3. The van der Waals surface area contributed by atoms with Gasteiger partial charge in [-0.05, 0) is 31.0 Å². The number of aromatic nitrogens is 1.